The number of nitrogens with zero attached hydrogens (tertiary/aromatic N) is 3. The Bertz CT molecular complexity index is 752. The van der Waals surface area contributed by atoms with Gasteiger partial charge in [0.05, 0.1) is 5.75 Å². The second-order valence-corrected chi connectivity index (χ2v) is 8.51. The molecule has 1 aliphatic carbocycles. The summed E-state index contributed by atoms with van der Waals surface area (Å²) in [4.78, 5) is 26.1. The van der Waals surface area contributed by atoms with Gasteiger partial charge in [0.2, 0.25) is 5.91 Å². The molecule has 1 aliphatic rings. The first-order chi connectivity index (χ1) is 11.5. The zero-order valence-corrected chi connectivity index (χ0v) is 16.5. The highest BCUT2D eigenvalue weighted by molar-refractivity contribution is 8.00. The van der Waals surface area contributed by atoms with Crippen molar-refractivity contribution in [3.05, 3.63) is 16.3 Å². The quantitative estimate of drug-likeness (QED) is 0.593. The largest absolute Gasteiger partial charge is 0.343 e. The van der Waals surface area contributed by atoms with E-state index >= 15 is 0 Å². The van der Waals surface area contributed by atoms with Crippen LogP contribution >= 0.6 is 23.1 Å². The monoisotopic (exact) mass is 363 g/mol. The van der Waals surface area contributed by atoms with Crippen molar-refractivity contribution in [1.82, 2.24) is 14.9 Å². The van der Waals surface area contributed by atoms with Gasteiger partial charge in [-0.05, 0) is 51.5 Å². The van der Waals surface area contributed by atoms with Crippen LogP contribution in [0.3, 0.4) is 0 Å². The third kappa shape index (κ3) is 3.45. The number of thiophene rings is 1. The highest BCUT2D eigenvalue weighted by Gasteiger charge is 2.24. The third-order valence-corrected chi connectivity index (χ3v) is 6.79. The van der Waals surface area contributed by atoms with E-state index in [4.69, 9.17) is 0 Å². The average molecular weight is 364 g/mol. The van der Waals surface area contributed by atoms with E-state index in [0.717, 1.165) is 47.5 Å². The molecule has 0 spiro atoms. The molecule has 0 radical (unpaired) electrons. The molecule has 3 rings (SSSR count). The number of rotatable bonds is 5. The van der Waals surface area contributed by atoms with Crippen molar-refractivity contribution in [2.75, 3.05) is 18.8 Å². The normalized spacial score (nSPS) is 17.1. The molecular weight excluding hydrogens is 338 g/mol. The minimum atomic E-state index is 0.187. The molecule has 1 atom stereocenters. The summed E-state index contributed by atoms with van der Waals surface area (Å²) in [6.45, 7) is 9.84. The van der Waals surface area contributed by atoms with E-state index in [9.17, 15) is 4.79 Å². The van der Waals surface area contributed by atoms with Gasteiger partial charge in [0.1, 0.15) is 15.7 Å². The molecule has 2 aromatic rings. The van der Waals surface area contributed by atoms with Crippen LogP contribution in [0.4, 0.5) is 0 Å². The van der Waals surface area contributed by atoms with Crippen molar-refractivity contribution in [1.29, 1.82) is 0 Å². The molecule has 6 heteroatoms. The molecule has 1 unspecified atom stereocenters. The lowest BCUT2D eigenvalue weighted by atomic mass is 9.89. The summed E-state index contributed by atoms with van der Waals surface area (Å²) in [6.07, 6.45) is 3.49. The lowest BCUT2D eigenvalue weighted by Crippen LogP contribution is -2.31. The molecule has 0 N–H and O–H groups in total. The van der Waals surface area contributed by atoms with E-state index in [2.05, 4.69) is 16.9 Å². The summed E-state index contributed by atoms with van der Waals surface area (Å²) < 4.78 is 0. The molecule has 0 aliphatic heterocycles. The van der Waals surface area contributed by atoms with Gasteiger partial charge >= 0.3 is 0 Å². The number of aromatic nitrogens is 2. The Labute approximate surface area is 152 Å². The summed E-state index contributed by atoms with van der Waals surface area (Å²) >= 11 is 3.40. The van der Waals surface area contributed by atoms with Crippen LogP contribution in [-0.2, 0) is 17.6 Å². The van der Waals surface area contributed by atoms with Crippen LogP contribution in [0.5, 0.6) is 0 Å². The van der Waals surface area contributed by atoms with Crippen molar-refractivity contribution in [3.63, 3.8) is 0 Å². The van der Waals surface area contributed by atoms with Crippen molar-refractivity contribution in [2.45, 2.75) is 52.0 Å². The van der Waals surface area contributed by atoms with Gasteiger partial charge in [-0.2, -0.15) is 0 Å². The van der Waals surface area contributed by atoms with Crippen LogP contribution in [0.15, 0.2) is 5.03 Å². The van der Waals surface area contributed by atoms with Crippen LogP contribution in [-0.4, -0.2) is 39.6 Å². The van der Waals surface area contributed by atoms with E-state index in [1.807, 2.05) is 37.0 Å². The molecule has 0 saturated heterocycles. The van der Waals surface area contributed by atoms with Gasteiger partial charge in [0.25, 0.3) is 0 Å². The van der Waals surface area contributed by atoms with Gasteiger partial charge < -0.3 is 4.90 Å². The van der Waals surface area contributed by atoms with Crippen LogP contribution in [0, 0.1) is 12.8 Å². The van der Waals surface area contributed by atoms with E-state index in [0.29, 0.717) is 5.75 Å². The summed E-state index contributed by atoms with van der Waals surface area (Å²) in [5.41, 5.74) is 1.44. The molecule has 1 amide bonds. The van der Waals surface area contributed by atoms with Gasteiger partial charge in [0.15, 0.2) is 0 Å². The first-order valence-corrected chi connectivity index (χ1v) is 10.5. The number of amides is 1. The Morgan fingerprint density at radius 3 is 2.79 bits per heavy atom. The predicted octanol–water partition coefficient (Wildman–Crippen LogP) is 4.09. The molecule has 130 valence electrons. The topological polar surface area (TPSA) is 46.1 Å². The van der Waals surface area contributed by atoms with Gasteiger partial charge in [-0.1, -0.05) is 18.7 Å². The Morgan fingerprint density at radius 2 is 2.08 bits per heavy atom. The van der Waals surface area contributed by atoms with Gasteiger partial charge in [0, 0.05) is 23.4 Å². The molecule has 0 aromatic carbocycles. The fourth-order valence-electron chi connectivity index (χ4n) is 3.31. The standard InChI is InChI=1S/C18H25N3OS2/c1-5-21(6-2)15(22)10-23-17-16-13-8-7-11(3)9-14(13)24-18(16)20-12(4)19-17/h11H,5-10H2,1-4H3. The SMILES string of the molecule is CCN(CC)C(=O)CSc1nc(C)nc2sc3c(c12)CCC(C)C3. The zero-order chi connectivity index (χ0) is 17.3. The molecule has 0 fully saturated rings. The third-order valence-electron chi connectivity index (χ3n) is 4.68. The summed E-state index contributed by atoms with van der Waals surface area (Å²) in [6, 6.07) is 0. The van der Waals surface area contributed by atoms with Crippen LogP contribution < -0.4 is 0 Å². The molecule has 0 bridgehead atoms. The highest BCUT2D eigenvalue weighted by Crippen LogP contribution is 2.40. The number of aryl methyl sites for hydroxylation is 2. The molecular formula is C18H25N3OS2. The first-order valence-electron chi connectivity index (χ1n) is 8.72. The molecule has 2 aromatic heterocycles. The van der Waals surface area contributed by atoms with Crippen LogP contribution in [0.1, 0.15) is 43.5 Å². The molecule has 24 heavy (non-hydrogen) atoms. The maximum Gasteiger partial charge on any atom is 0.232 e. The van der Waals surface area contributed by atoms with Crippen molar-refractivity contribution < 1.29 is 4.79 Å². The maximum absolute atomic E-state index is 12.3. The number of thioether (sulfide) groups is 1. The van der Waals surface area contributed by atoms with Crippen molar-refractivity contribution in [2.24, 2.45) is 5.92 Å². The van der Waals surface area contributed by atoms with Gasteiger partial charge in [-0.25, -0.2) is 9.97 Å². The number of carbonyl (C=O) groups is 1. The maximum atomic E-state index is 12.3. The predicted molar refractivity (Wildman–Crippen MR) is 102 cm³/mol. The van der Waals surface area contributed by atoms with Crippen LogP contribution in [0.25, 0.3) is 10.2 Å². The van der Waals surface area contributed by atoms with Gasteiger partial charge in [-0.15, -0.1) is 11.3 Å². The molecule has 2 heterocycles. The van der Waals surface area contributed by atoms with Gasteiger partial charge in [-0.3, -0.25) is 4.79 Å². The second kappa shape index (κ2) is 7.40. The Kier molecular flexibility index (Phi) is 5.45. The zero-order valence-electron chi connectivity index (χ0n) is 14.9. The lowest BCUT2D eigenvalue weighted by molar-refractivity contribution is -0.127. The highest BCUT2D eigenvalue weighted by atomic mass is 32.2. The first kappa shape index (κ1) is 17.7. The minimum absolute atomic E-state index is 0.187. The van der Waals surface area contributed by atoms with Crippen LogP contribution in [0.2, 0.25) is 0 Å². The summed E-state index contributed by atoms with van der Waals surface area (Å²) in [5.74, 6) is 2.19. The fourth-order valence-corrected chi connectivity index (χ4v) is 5.81. The number of hydrogen-bond donors (Lipinski definition) is 0. The van der Waals surface area contributed by atoms with Crippen molar-refractivity contribution >= 4 is 39.2 Å². The van der Waals surface area contributed by atoms with E-state index in [1.54, 1.807) is 11.8 Å². The lowest BCUT2D eigenvalue weighted by Gasteiger charge is -2.19. The Hall–Kier alpha value is -1.14. The van der Waals surface area contributed by atoms with E-state index in [1.165, 1.54) is 22.2 Å². The molecule has 4 nitrogen and oxygen atoms in total. The molecule has 0 saturated carbocycles. The number of carbonyl (C=O) groups excluding carboxylic acids is 1. The Balaban J connectivity index is 1.91. The minimum Gasteiger partial charge on any atom is -0.343 e. The average Bonchev–Trinajstić information content (AvgIpc) is 2.90. The second-order valence-electron chi connectivity index (χ2n) is 6.46. The van der Waals surface area contributed by atoms with E-state index in [-0.39, 0.29) is 5.91 Å². The number of hydrogen-bond acceptors (Lipinski definition) is 5. The fraction of sp³-hybridized carbons (Fsp3) is 0.611. The summed E-state index contributed by atoms with van der Waals surface area (Å²) in [7, 11) is 0. The smallest absolute Gasteiger partial charge is 0.232 e. The summed E-state index contributed by atoms with van der Waals surface area (Å²) in [5, 5.41) is 2.20. The Morgan fingerprint density at radius 1 is 1.33 bits per heavy atom. The number of fused-ring (bicyclic) bond motifs is 3. The van der Waals surface area contributed by atoms with Crippen molar-refractivity contribution in [3.8, 4) is 0 Å². The van der Waals surface area contributed by atoms with E-state index < -0.39 is 0 Å².